The number of ether oxygens (including phenoxy) is 3. The van der Waals surface area contributed by atoms with Crippen LogP contribution in [0.4, 0.5) is 0 Å². The number of esters is 2. The van der Waals surface area contributed by atoms with Gasteiger partial charge in [0.15, 0.2) is 5.76 Å². The number of Topliss-reactive ketones (excluding diaryl/α,β-unsaturated/α-hetero) is 1. The molecule has 1 saturated heterocycles. The lowest BCUT2D eigenvalue weighted by Crippen LogP contribution is -2.60. The Kier molecular flexibility index (Phi) is 5.85. The standard InChI is InChI=1S/C28H29NO7/c1-16-18-8-10-27(2)19(25(31)33-4)13-21(36-26(32)20-7-5-6-11-29-20)23(30)24(27)28(18,3)14-22(35-16)17-9-12-34-15-17/h5-7,9,11-13,15,18-19,22,24H,1,8,10,14H2,2-4H3/t18-,19-,22-,24-,27-,28-/m0/s1. The molecule has 2 aliphatic carbocycles. The second kappa shape index (κ2) is 8.76. The largest absolute Gasteiger partial charge is 0.490 e. The molecule has 0 radical (unpaired) electrons. The average molecular weight is 492 g/mol. The van der Waals surface area contributed by atoms with Crippen LogP contribution in [0.25, 0.3) is 0 Å². The number of pyridine rings is 1. The molecule has 36 heavy (non-hydrogen) atoms. The van der Waals surface area contributed by atoms with E-state index in [2.05, 4.69) is 18.5 Å². The summed E-state index contributed by atoms with van der Waals surface area (Å²) in [6.45, 7) is 8.21. The van der Waals surface area contributed by atoms with E-state index in [1.54, 1.807) is 24.7 Å². The van der Waals surface area contributed by atoms with Crippen LogP contribution in [0.3, 0.4) is 0 Å². The van der Waals surface area contributed by atoms with E-state index in [1.807, 2.05) is 13.0 Å². The third-order valence-corrected chi connectivity index (χ3v) is 8.37. The summed E-state index contributed by atoms with van der Waals surface area (Å²) in [6, 6.07) is 6.68. The van der Waals surface area contributed by atoms with Crippen LogP contribution in [0.15, 0.2) is 71.6 Å². The molecule has 0 amide bonds. The molecule has 1 aliphatic heterocycles. The van der Waals surface area contributed by atoms with Crippen LogP contribution in [0.1, 0.15) is 55.3 Å². The van der Waals surface area contributed by atoms with Crippen molar-refractivity contribution in [1.29, 1.82) is 0 Å². The van der Waals surface area contributed by atoms with Gasteiger partial charge in [0.25, 0.3) is 0 Å². The number of fused-ring (bicyclic) bond motifs is 3. The zero-order chi connectivity index (χ0) is 25.7. The van der Waals surface area contributed by atoms with Gasteiger partial charge < -0.3 is 18.6 Å². The van der Waals surface area contributed by atoms with Crippen molar-refractivity contribution in [3.05, 3.63) is 78.4 Å². The minimum atomic E-state index is -0.766. The second-order valence-electron chi connectivity index (χ2n) is 10.4. The molecule has 3 aliphatic rings. The van der Waals surface area contributed by atoms with Gasteiger partial charge in [-0.15, -0.1) is 0 Å². The Hall–Kier alpha value is -3.68. The molecule has 0 bridgehead atoms. The summed E-state index contributed by atoms with van der Waals surface area (Å²) in [5.74, 6) is -2.59. The fourth-order valence-corrected chi connectivity index (χ4v) is 6.71. The predicted octanol–water partition coefficient (Wildman–Crippen LogP) is 4.80. The van der Waals surface area contributed by atoms with Crippen molar-refractivity contribution in [3.63, 3.8) is 0 Å². The number of hydrogen-bond donors (Lipinski definition) is 0. The first kappa shape index (κ1) is 24.0. The normalized spacial score (nSPS) is 33.5. The van der Waals surface area contributed by atoms with Gasteiger partial charge in [-0.05, 0) is 54.4 Å². The molecule has 3 heterocycles. The molecule has 188 valence electrons. The molecule has 0 N–H and O–H groups in total. The number of hydrogen-bond acceptors (Lipinski definition) is 8. The van der Waals surface area contributed by atoms with E-state index < -0.39 is 34.6 Å². The van der Waals surface area contributed by atoms with Crippen LogP contribution < -0.4 is 0 Å². The third-order valence-electron chi connectivity index (χ3n) is 8.37. The van der Waals surface area contributed by atoms with Crippen molar-refractivity contribution in [1.82, 2.24) is 4.98 Å². The highest BCUT2D eigenvalue weighted by atomic mass is 16.5. The van der Waals surface area contributed by atoms with E-state index in [1.165, 1.54) is 25.4 Å². The van der Waals surface area contributed by atoms with E-state index in [0.717, 1.165) is 5.56 Å². The lowest BCUT2D eigenvalue weighted by Gasteiger charge is -2.60. The summed E-state index contributed by atoms with van der Waals surface area (Å²) in [4.78, 5) is 44.0. The quantitative estimate of drug-likeness (QED) is 0.562. The molecule has 6 atom stereocenters. The van der Waals surface area contributed by atoms with E-state index in [9.17, 15) is 14.4 Å². The number of ketones is 1. The highest BCUT2D eigenvalue weighted by Crippen LogP contribution is 2.66. The van der Waals surface area contributed by atoms with E-state index in [4.69, 9.17) is 18.6 Å². The Morgan fingerprint density at radius 2 is 2.00 bits per heavy atom. The summed E-state index contributed by atoms with van der Waals surface area (Å²) >= 11 is 0. The summed E-state index contributed by atoms with van der Waals surface area (Å²) in [7, 11) is 1.32. The van der Waals surface area contributed by atoms with Crippen LogP contribution in [0.2, 0.25) is 0 Å². The topological polar surface area (TPSA) is 105 Å². The maximum atomic E-state index is 14.1. The van der Waals surface area contributed by atoms with Gasteiger partial charge >= 0.3 is 11.9 Å². The Morgan fingerprint density at radius 3 is 2.67 bits per heavy atom. The first-order valence-corrected chi connectivity index (χ1v) is 12.0. The van der Waals surface area contributed by atoms with E-state index in [0.29, 0.717) is 25.0 Å². The molecule has 8 nitrogen and oxygen atoms in total. The Labute approximate surface area is 209 Å². The average Bonchev–Trinajstić information content (AvgIpc) is 3.40. The van der Waals surface area contributed by atoms with Crippen molar-refractivity contribution >= 4 is 17.7 Å². The Balaban J connectivity index is 1.57. The minimum absolute atomic E-state index is 0.0707. The molecule has 2 aromatic rings. The van der Waals surface area contributed by atoms with Gasteiger partial charge in [0, 0.05) is 23.6 Å². The Morgan fingerprint density at radius 1 is 1.19 bits per heavy atom. The number of methoxy groups -OCH3 is 1. The molecule has 0 aromatic carbocycles. The maximum absolute atomic E-state index is 14.1. The summed E-state index contributed by atoms with van der Waals surface area (Å²) in [5, 5.41) is 0. The van der Waals surface area contributed by atoms with Crippen molar-refractivity contribution < 1.29 is 33.0 Å². The maximum Gasteiger partial charge on any atom is 0.362 e. The first-order chi connectivity index (χ1) is 17.2. The first-order valence-electron chi connectivity index (χ1n) is 12.0. The molecule has 1 saturated carbocycles. The molecule has 0 spiro atoms. The van der Waals surface area contributed by atoms with Gasteiger partial charge in [-0.2, -0.15) is 0 Å². The lowest BCUT2D eigenvalue weighted by molar-refractivity contribution is -0.174. The highest BCUT2D eigenvalue weighted by Gasteiger charge is 2.65. The fraction of sp³-hybridized carbons (Fsp3) is 0.429. The SMILES string of the molecule is C=C1O[C@H](c2ccoc2)C[C@]2(C)[C@H]3C(=O)C(OC(=O)c4ccccn4)=C[C@@H](C(=O)OC)[C@]3(C)CC[C@@H]12. The van der Waals surface area contributed by atoms with Crippen LogP contribution in [0, 0.1) is 28.6 Å². The highest BCUT2D eigenvalue weighted by molar-refractivity contribution is 6.02. The van der Waals surface area contributed by atoms with Crippen molar-refractivity contribution in [2.24, 2.45) is 28.6 Å². The van der Waals surface area contributed by atoms with Gasteiger partial charge in [0.1, 0.15) is 11.8 Å². The van der Waals surface area contributed by atoms with Crippen LogP contribution >= 0.6 is 0 Å². The lowest BCUT2D eigenvalue weighted by atomic mass is 9.44. The molecule has 2 aromatic heterocycles. The molecular formula is C28H29NO7. The van der Waals surface area contributed by atoms with Crippen LogP contribution in [-0.2, 0) is 23.8 Å². The smallest absolute Gasteiger partial charge is 0.362 e. The van der Waals surface area contributed by atoms with Gasteiger partial charge in [-0.1, -0.05) is 26.5 Å². The third kappa shape index (κ3) is 3.67. The molecule has 8 heteroatoms. The number of furan rings is 1. The number of nitrogens with zero attached hydrogens (tertiary/aromatic N) is 1. The van der Waals surface area contributed by atoms with E-state index in [-0.39, 0.29) is 29.3 Å². The van der Waals surface area contributed by atoms with Crippen molar-refractivity contribution in [2.45, 2.75) is 39.2 Å². The van der Waals surface area contributed by atoms with Crippen molar-refractivity contribution in [3.8, 4) is 0 Å². The predicted molar refractivity (Wildman–Crippen MR) is 127 cm³/mol. The van der Waals surface area contributed by atoms with Crippen LogP contribution in [-0.4, -0.2) is 29.8 Å². The van der Waals surface area contributed by atoms with Gasteiger partial charge in [0.2, 0.25) is 5.78 Å². The van der Waals surface area contributed by atoms with Crippen LogP contribution in [0.5, 0.6) is 0 Å². The van der Waals surface area contributed by atoms with Gasteiger partial charge in [0.05, 0.1) is 31.3 Å². The monoisotopic (exact) mass is 491 g/mol. The summed E-state index contributed by atoms with van der Waals surface area (Å²) in [5.41, 5.74) is -0.436. The zero-order valence-electron chi connectivity index (χ0n) is 20.6. The minimum Gasteiger partial charge on any atom is -0.490 e. The number of carbonyl (C=O) groups excluding carboxylic acids is 3. The molecule has 0 unspecified atom stereocenters. The molecular weight excluding hydrogens is 462 g/mol. The second-order valence-corrected chi connectivity index (χ2v) is 10.4. The van der Waals surface area contributed by atoms with Gasteiger partial charge in [-0.3, -0.25) is 9.59 Å². The van der Waals surface area contributed by atoms with E-state index >= 15 is 0 Å². The Bertz CT molecular complexity index is 1230. The molecule has 2 fully saturated rings. The van der Waals surface area contributed by atoms with Gasteiger partial charge in [-0.25, -0.2) is 9.78 Å². The van der Waals surface area contributed by atoms with Crippen molar-refractivity contribution in [2.75, 3.05) is 7.11 Å². The number of carbonyl (C=O) groups is 3. The number of allylic oxidation sites excluding steroid dienone is 2. The number of rotatable bonds is 4. The summed E-state index contributed by atoms with van der Waals surface area (Å²) in [6.07, 6.45) is 7.58. The number of aromatic nitrogens is 1. The molecule has 5 rings (SSSR count). The summed E-state index contributed by atoms with van der Waals surface area (Å²) < 4.78 is 22.2. The zero-order valence-corrected chi connectivity index (χ0v) is 20.6. The fourth-order valence-electron chi connectivity index (χ4n) is 6.71.